The molecule has 0 spiro atoms. The Labute approximate surface area is 219 Å². The molecule has 3 rings (SSSR count). The van der Waals surface area contributed by atoms with E-state index in [1.165, 1.54) is 6.92 Å². The van der Waals surface area contributed by atoms with Crippen LogP contribution in [0.25, 0.3) is 10.9 Å². The average molecular weight is 561 g/mol. The van der Waals surface area contributed by atoms with E-state index >= 15 is 0 Å². The lowest BCUT2D eigenvalue weighted by atomic mass is 10.0. The number of nitrogens with zero attached hydrogens (tertiary/aromatic N) is 2. The number of para-hydroxylation sites is 1. The zero-order chi connectivity index (χ0) is 28.3. The van der Waals surface area contributed by atoms with E-state index in [0.29, 0.717) is 35.0 Å². The highest BCUT2D eigenvalue weighted by Gasteiger charge is 2.37. The lowest BCUT2D eigenvalue weighted by Gasteiger charge is -2.24. The van der Waals surface area contributed by atoms with Gasteiger partial charge in [0.1, 0.15) is 5.75 Å². The van der Waals surface area contributed by atoms with E-state index in [2.05, 4.69) is 4.98 Å². The molecule has 0 fully saturated rings. The van der Waals surface area contributed by atoms with Gasteiger partial charge in [0.05, 0.1) is 29.8 Å². The Morgan fingerprint density at radius 1 is 1.00 bits per heavy atom. The van der Waals surface area contributed by atoms with E-state index in [4.69, 9.17) is 4.74 Å². The highest BCUT2D eigenvalue weighted by Crippen LogP contribution is 2.37. The molecule has 1 unspecified atom stereocenters. The second-order valence-corrected chi connectivity index (χ2v) is 10.1. The quantitative estimate of drug-likeness (QED) is 0.215. The Bertz CT molecular complexity index is 1260. The van der Waals surface area contributed by atoms with Crippen LogP contribution in [0.3, 0.4) is 0 Å². The number of carbonyl (C=O) groups excluding carboxylic acids is 1. The van der Waals surface area contributed by atoms with Crippen molar-refractivity contribution in [3.63, 3.8) is 0 Å². The first-order chi connectivity index (χ1) is 17.7. The predicted molar refractivity (Wildman–Crippen MR) is 131 cm³/mol. The number of aryl methyl sites for hydroxylation is 1. The molecule has 5 nitrogen and oxygen atoms in total. The third kappa shape index (κ3) is 7.10. The van der Waals surface area contributed by atoms with Crippen LogP contribution in [0.15, 0.2) is 47.5 Å². The van der Waals surface area contributed by atoms with Crippen molar-refractivity contribution in [3.8, 4) is 0 Å². The number of hydrogen-bond donors (Lipinski definition) is 0. The summed E-state index contributed by atoms with van der Waals surface area (Å²) in [6.07, 6.45) is -10.4. The molecule has 206 valence electrons. The van der Waals surface area contributed by atoms with Crippen molar-refractivity contribution in [1.82, 2.24) is 9.88 Å². The zero-order valence-corrected chi connectivity index (χ0v) is 21.7. The average Bonchev–Trinajstić information content (AvgIpc) is 2.82. The zero-order valence-electron chi connectivity index (χ0n) is 20.9. The van der Waals surface area contributed by atoms with Crippen molar-refractivity contribution < 1.29 is 40.4 Å². The second-order valence-electron chi connectivity index (χ2n) is 8.62. The highest BCUT2D eigenvalue weighted by atomic mass is 32.2. The predicted octanol–water partition coefficient (Wildman–Crippen LogP) is 7.26. The molecule has 0 aliphatic rings. The molecule has 1 atom stereocenters. The van der Waals surface area contributed by atoms with Gasteiger partial charge in [0.15, 0.2) is 0 Å². The molecule has 0 radical (unpaired) electrons. The summed E-state index contributed by atoms with van der Waals surface area (Å²) in [5, 5.41) is 0.877. The monoisotopic (exact) mass is 560 g/mol. The number of alkyl halides is 6. The van der Waals surface area contributed by atoms with Crippen LogP contribution in [0.5, 0.6) is 0 Å². The van der Waals surface area contributed by atoms with E-state index in [1.54, 1.807) is 18.2 Å². The number of benzene rings is 2. The fourth-order valence-electron chi connectivity index (χ4n) is 3.90. The molecule has 2 aromatic carbocycles. The minimum atomic E-state index is -5.03. The van der Waals surface area contributed by atoms with E-state index in [-0.39, 0.29) is 35.6 Å². The molecule has 0 aliphatic carbocycles. The van der Waals surface area contributed by atoms with E-state index in [9.17, 15) is 35.7 Å². The summed E-state index contributed by atoms with van der Waals surface area (Å²) in [4.78, 5) is 18.4. The van der Waals surface area contributed by atoms with E-state index in [1.807, 2.05) is 19.9 Å². The van der Waals surface area contributed by atoms with Crippen LogP contribution in [-0.2, 0) is 41.4 Å². The van der Waals surface area contributed by atoms with Crippen LogP contribution in [0.1, 0.15) is 48.1 Å². The van der Waals surface area contributed by atoms with Crippen molar-refractivity contribution in [2.24, 2.45) is 0 Å². The number of halogens is 6. The normalized spacial score (nSPS) is 13.0. The fourth-order valence-corrected chi connectivity index (χ4v) is 5.08. The van der Waals surface area contributed by atoms with Gasteiger partial charge >= 0.3 is 18.4 Å². The van der Waals surface area contributed by atoms with Gasteiger partial charge in [0.25, 0.3) is 0 Å². The van der Waals surface area contributed by atoms with Gasteiger partial charge in [-0.25, -0.2) is 9.78 Å². The second kappa shape index (κ2) is 11.8. The van der Waals surface area contributed by atoms with Crippen molar-refractivity contribution in [2.45, 2.75) is 57.7 Å². The minimum Gasteiger partial charge on any atom is -0.610 e. The Hall–Kier alpha value is -2.99. The highest BCUT2D eigenvalue weighted by molar-refractivity contribution is 7.91. The summed E-state index contributed by atoms with van der Waals surface area (Å²) >= 11 is -1.56. The number of ether oxygens (including phenoxy) is 1. The van der Waals surface area contributed by atoms with Crippen LogP contribution >= 0.6 is 0 Å². The van der Waals surface area contributed by atoms with E-state index in [0.717, 1.165) is 10.5 Å². The van der Waals surface area contributed by atoms with Gasteiger partial charge in [-0.3, -0.25) is 4.90 Å². The Balaban J connectivity index is 2.11. The molecule has 0 aliphatic heterocycles. The number of hydrogen-bond acceptors (Lipinski definition) is 4. The minimum absolute atomic E-state index is 0.0276. The first-order valence-electron chi connectivity index (χ1n) is 11.7. The van der Waals surface area contributed by atoms with Gasteiger partial charge in [0, 0.05) is 28.7 Å². The summed E-state index contributed by atoms with van der Waals surface area (Å²) in [5.41, 5.74) is -1.58. The molecule has 0 N–H and O–H groups in total. The van der Waals surface area contributed by atoms with Gasteiger partial charge in [-0.1, -0.05) is 25.1 Å². The maximum Gasteiger partial charge on any atom is 0.416 e. The Morgan fingerprint density at radius 2 is 1.63 bits per heavy atom. The molecule has 0 saturated carbocycles. The van der Waals surface area contributed by atoms with Gasteiger partial charge in [0.2, 0.25) is 5.03 Å². The summed E-state index contributed by atoms with van der Waals surface area (Å²) in [6, 6.07) is 8.23. The van der Waals surface area contributed by atoms with E-state index < -0.39 is 47.3 Å². The number of carbonyl (C=O) groups is 1. The number of pyridine rings is 1. The SMILES string of the molecule is CCC[S+]([O-])c1nc2c(C)cccc2cc1CN(Cc1cc(C(F)(F)F)cc(C(F)(F)F)c1)C(=O)OCC. The largest absolute Gasteiger partial charge is 0.610 e. The summed E-state index contributed by atoms with van der Waals surface area (Å²) in [7, 11) is 0. The van der Waals surface area contributed by atoms with Crippen molar-refractivity contribution in [1.29, 1.82) is 0 Å². The molecule has 3 aromatic rings. The standard InChI is InChI=1S/C26H26F6N2O3S/c1-4-9-38(36)23-19(12-18-8-6-7-16(3)22(18)33-23)15-34(24(35)37-5-2)14-17-10-20(25(27,28)29)13-21(11-17)26(30,31)32/h6-8,10-13H,4-5,9,14-15H2,1-3H3. The fraction of sp³-hybridized carbons (Fsp3) is 0.385. The maximum absolute atomic E-state index is 13.4. The summed E-state index contributed by atoms with van der Waals surface area (Å²) in [6.45, 7) is 4.20. The lowest BCUT2D eigenvalue weighted by Crippen LogP contribution is -2.32. The van der Waals surface area contributed by atoms with Crippen molar-refractivity contribution >= 4 is 28.2 Å². The number of rotatable bonds is 8. The van der Waals surface area contributed by atoms with Crippen LogP contribution in [0, 0.1) is 6.92 Å². The van der Waals surface area contributed by atoms with Crippen LogP contribution in [0.4, 0.5) is 31.1 Å². The lowest BCUT2D eigenvalue weighted by molar-refractivity contribution is -0.143. The molecule has 38 heavy (non-hydrogen) atoms. The van der Waals surface area contributed by atoms with Crippen LogP contribution in [0.2, 0.25) is 0 Å². The molecule has 0 saturated heterocycles. The number of aromatic nitrogens is 1. The molecular weight excluding hydrogens is 534 g/mol. The first kappa shape index (κ1) is 29.6. The van der Waals surface area contributed by atoms with Crippen LogP contribution in [-0.4, -0.2) is 32.9 Å². The van der Waals surface area contributed by atoms with Crippen molar-refractivity contribution in [3.05, 3.63) is 70.3 Å². The molecule has 12 heteroatoms. The number of amides is 1. The van der Waals surface area contributed by atoms with Gasteiger partial charge in [-0.05, 0) is 55.7 Å². The molecule has 1 heterocycles. The topological polar surface area (TPSA) is 65.5 Å². The van der Waals surface area contributed by atoms with Gasteiger partial charge in [-0.2, -0.15) is 26.3 Å². The molecule has 1 aromatic heterocycles. The summed E-state index contributed by atoms with van der Waals surface area (Å²) in [5.74, 6) is 0.277. The van der Waals surface area contributed by atoms with Crippen LogP contribution < -0.4 is 0 Å². The third-order valence-electron chi connectivity index (χ3n) is 5.60. The van der Waals surface area contributed by atoms with Crippen molar-refractivity contribution in [2.75, 3.05) is 12.4 Å². The molecular formula is C26H26F6N2O3S. The first-order valence-corrected chi connectivity index (χ1v) is 13.0. The maximum atomic E-state index is 13.4. The summed E-state index contributed by atoms with van der Waals surface area (Å²) < 4.78 is 98.4. The molecule has 0 bridgehead atoms. The van der Waals surface area contributed by atoms with Gasteiger partial charge in [-0.15, -0.1) is 0 Å². The smallest absolute Gasteiger partial charge is 0.416 e. The number of fused-ring (bicyclic) bond motifs is 1. The van der Waals surface area contributed by atoms with Gasteiger partial charge < -0.3 is 9.29 Å². The Morgan fingerprint density at radius 3 is 2.18 bits per heavy atom. The Kier molecular flexibility index (Phi) is 9.19. The third-order valence-corrected chi connectivity index (χ3v) is 7.16. The molecule has 1 amide bonds.